The molecule has 0 saturated carbocycles. The molecule has 0 aliphatic carbocycles. The third kappa shape index (κ3) is 3.24. The van der Waals surface area contributed by atoms with Crippen LogP contribution in [0.25, 0.3) is 0 Å². The molecule has 0 saturated heterocycles. The Morgan fingerprint density at radius 3 is 2.72 bits per heavy atom. The van der Waals surface area contributed by atoms with Crippen molar-refractivity contribution in [1.82, 2.24) is 0 Å². The summed E-state index contributed by atoms with van der Waals surface area (Å²) in [5.41, 5.74) is 3.01. The van der Waals surface area contributed by atoms with Crippen LogP contribution in [0, 0.1) is 12.7 Å². The maximum atomic E-state index is 13.1. The lowest BCUT2D eigenvalue weighted by Gasteiger charge is -2.10. The number of hydrogen-bond acceptors (Lipinski definition) is 1. The van der Waals surface area contributed by atoms with Crippen molar-refractivity contribution in [3.63, 3.8) is 0 Å². The molecule has 0 fully saturated rings. The first-order valence-corrected chi connectivity index (χ1v) is 6.67. The summed E-state index contributed by atoms with van der Waals surface area (Å²) in [6, 6.07) is 10.8. The molecule has 0 aromatic heterocycles. The third-order valence-electron chi connectivity index (χ3n) is 2.59. The molecule has 1 N–H and O–H groups in total. The Balaban J connectivity index is 2.11. The van der Waals surface area contributed by atoms with Gasteiger partial charge >= 0.3 is 0 Å². The van der Waals surface area contributed by atoms with Crippen LogP contribution in [0.15, 0.2) is 40.9 Å². The quantitative estimate of drug-likeness (QED) is 0.820. The van der Waals surface area contributed by atoms with E-state index in [-0.39, 0.29) is 5.82 Å². The fourth-order valence-corrected chi connectivity index (χ4v) is 2.23. The summed E-state index contributed by atoms with van der Waals surface area (Å²) in [4.78, 5) is 0. The number of rotatable bonds is 3. The van der Waals surface area contributed by atoms with E-state index in [0.717, 1.165) is 16.8 Å². The molecule has 2 aromatic carbocycles. The summed E-state index contributed by atoms with van der Waals surface area (Å²) < 4.78 is 13.6. The van der Waals surface area contributed by atoms with Crippen molar-refractivity contribution in [1.29, 1.82) is 0 Å². The fourth-order valence-electron chi connectivity index (χ4n) is 1.62. The van der Waals surface area contributed by atoms with Gasteiger partial charge in [-0.2, -0.15) is 0 Å². The third-order valence-corrected chi connectivity index (χ3v) is 3.53. The molecule has 18 heavy (non-hydrogen) atoms. The summed E-state index contributed by atoms with van der Waals surface area (Å²) in [5, 5.41) is 3.92. The Labute approximate surface area is 119 Å². The van der Waals surface area contributed by atoms with E-state index < -0.39 is 0 Å². The van der Waals surface area contributed by atoms with E-state index in [0.29, 0.717) is 16.0 Å². The van der Waals surface area contributed by atoms with Gasteiger partial charge in [0.2, 0.25) is 0 Å². The monoisotopic (exact) mass is 327 g/mol. The second-order valence-corrected chi connectivity index (χ2v) is 5.35. The summed E-state index contributed by atoms with van der Waals surface area (Å²) in [5.74, 6) is -0.257. The zero-order valence-corrected chi connectivity index (χ0v) is 12.1. The number of anilines is 1. The summed E-state index contributed by atoms with van der Waals surface area (Å²) in [6.45, 7) is 2.61. The Kier molecular flexibility index (Phi) is 4.25. The van der Waals surface area contributed by atoms with Crippen molar-refractivity contribution >= 4 is 33.2 Å². The lowest BCUT2D eigenvalue weighted by Crippen LogP contribution is -2.00. The van der Waals surface area contributed by atoms with Crippen LogP contribution in [0.1, 0.15) is 11.1 Å². The van der Waals surface area contributed by atoms with Crippen LogP contribution in [0.5, 0.6) is 0 Å². The van der Waals surface area contributed by atoms with Crippen LogP contribution >= 0.6 is 27.5 Å². The molecule has 94 valence electrons. The normalized spacial score (nSPS) is 10.4. The molecule has 0 amide bonds. The molecule has 0 unspecified atom stereocenters. The molecule has 0 aliphatic rings. The van der Waals surface area contributed by atoms with Crippen molar-refractivity contribution in [2.45, 2.75) is 13.5 Å². The number of hydrogen-bond donors (Lipinski definition) is 1. The van der Waals surface area contributed by atoms with Crippen LogP contribution in [-0.2, 0) is 6.54 Å². The fraction of sp³-hybridized carbons (Fsp3) is 0.143. The number of benzene rings is 2. The van der Waals surface area contributed by atoms with E-state index in [1.165, 1.54) is 6.07 Å². The highest BCUT2D eigenvalue weighted by atomic mass is 79.9. The highest BCUT2D eigenvalue weighted by Gasteiger charge is 2.03. The van der Waals surface area contributed by atoms with Gasteiger partial charge < -0.3 is 5.32 Å². The lowest BCUT2D eigenvalue weighted by molar-refractivity contribution is 0.620. The zero-order valence-electron chi connectivity index (χ0n) is 9.81. The molecule has 0 aliphatic heterocycles. The SMILES string of the molecule is Cc1ccc(Cl)c(NCc2ccc(F)c(Br)c2)c1. The molecule has 0 heterocycles. The topological polar surface area (TPSA) is 12.0 Å². The van der Waals surface area contributed by atoms with Gasteiger partial charge in [-0.05, 0) is 58.2 Å². The molecule has 0 atom stereocenters. The number of aryl methyl sites for hydroxylation is 1. The Morgan fingerprint density at radius 1 is 1.22 bits per heavy atom. The van der Waals surface area contributed by atoms with Crippen molar-refractivity contribution in [2.75, 3.05) is 5.32 Å². The van der Waals surface area contributed by atoms with Crippen molar-refractivity contribution in [3.05, 3.63) is 62.8 Å². The van der Waals surface area contributed by atoms with Crippen LogP contribution in [-0.4, -0.2) is 0 Å². The summed E-state index contributed by atoms with van der Waals surface area (Å²) >= 11 is 9.26. The largest absolute Gasteiger partial charge is 0.380 e. The summed E-state index contributed by atoms with van der Waals surface area (Å²) in [6.07, 6.45) is 0. The molecular formula is C14H12BrClFN. The zero-order chi connectivity index (χ0) is 13.1. The number of nitrogens with one attached hydrogen (secondary N) is 1. The molecular weight excluding hydrogens is 317 g/mol. The van der Waals surface area contributed by atoms with Crippen LogP contribution in [0.2, 0.25) is 5.02 Å². The van der Waals surface area contributed by atoms with Gasteiger partial charge in [-0.1, -0.05) is 23.7 Å². The Bertz CT molecular complexity index is 572. The van der Waals surface area contributed by atoms with E-state index in [4.69, 9.17) is 11.6 Å². The van der Waals surface area contributed by atoms with E-state index >= 15 is 0 Å². The van der Waals surface area contributed by atoms with Crippen LogP contribution < -0.4 is 5.32 Å². The molecule has 0 radical (unpaired) electrons. The first-order valence-electron chi connectivity index (χ1n) is 5.50. The van der Waals surface area contributed by atoms with Crippen molar-refractivity contribution in [3.8, 4) is 0 Å². The van der Waals surface area contributed by atoms with Gasteiger partial charge in [0.05, 0.1) is 15.2 Å². The molecule has 2 rings (SSSR count). The van der Waals surface area contributed by atoms with E-state index in [1.54, 1.807) is 12.1 Å². The molecule has 0 bridgehead atoms. The summed E-state index contributed by atoms with van der Waals surface area (Å²) in [7, 11) is 0. The maximum absolute atomic E-state index is 13.1. The standard InChI is InChI=1S/C14H12BrClFN/c1-9-2-4-12(16)14(6-9)18-8-10-3-5-13(17)11(15)7-10/h2-7,18H,8H2,1H3. The minimum Gasteiger partial charge on any atom is -0.380 e. The highest BCUT2D eigenvalue weighted by Crippen LogP contribution is 2.24. The minimum atomic E-state index is -0.257. The molecule has 0 spiro atoms. The van der Waals surface area contributed by atoms with Crippen LogP contribution in [0.3, 0.4) is 0 Å². The van der Waals surface area contributed by atoms with E-state index in [1.807, 2.05) is 25.1 Å². The Morgan fingerprint density at radius 2 is 2.00 bits per heavy atom. The maximum Gasteiger partial charge on any atom is 0.137 e. The predicted molar refractivity (Wildman–Crippen MR) is 77.6 cm³/mol. The van der Waals surface area contributed by atoms with Gasteiger partial charge in [-0.25, -0.2) is 4.39 Å². The van der Waals surface area contributed by atoms with Crippen LogP contribution in [0.4, 0.5) is 10.1 Å². The van der Waals surface area contributed by atoms with Crippen molar-refractivity contribution < 1.29 is 4.39 Å². The van der Waals surface area contributed by atoms with Crippen molar-refractivity contribution in [2.24, 2.45) is 0 Å². The Hall–Kier alpha value is -1.06. The molecule has 1 nitrogen and oxygen atoms in total. The average molecular weight is 329 g/mol. The lowest BCUT2D eigenvalue weighted by atomic mass is 10.2. The van der Waals surface area contributed by atoms with E-state index in [2.05, 4.69) is 21.2 Å². The molecule has 2 aromatic rings. The van der Waals surface area contributed by atoms with Gasteiger partial charge in [0.15, 0.2) is 0 Å². The van der Waals surface area contributed by atoms with E-state index in [9.17, 15) is 4.39 Å². The molecule has 4 heteroatoms. The van der Waals surface area contributed by atoms with Gasteiger partial charge in [-0.15, -0.1) is 0 Å². The first-order chi connectivity index (χ1) is 8.56. The number of halogens is 3. The average Bonchev–Trinajstić information content (AvgIpc) is 2.34. The minimum absolute atomic E-state index is 0.257. The second kappa shape index (κ2) is 5.72. The van der Waals surface area contributed by atoms with Gasteiger partial charge in [0.25, 0.3) is 0 Å². The second-order valence-electron chi connectivity index (χ2n) is 4.09. The highest BCUT2D eigenvalue weighted by molar-refractivity contribution is 9.10. The van der Waals surface area contributed by atoms with Gasteiger partial charge in [0, 0.05) is 6.54 Å². The first kappa shape index (κ1) is 13.4. The predicted octanol–water partition coefficient (Wildman–Crippen LogP) is 5.16. The van der Waals surface area contributed by atoms with Gasteiger partial charge in [0.1, 0.15) is 5.82 Å². The smallest absolute Gasteiger partial charge is 0.137 e. The van der Waals surface area contributed by atoms with Gasteiger partial charge in [-0.3, -0.25) is 0 Å².